The molecule has 1 aromatic carbocycles. The van der Waals surface area contributed by atoms with Gasteiger partial charge in [0, 0.05) is 17.8 Å². The number of amides is 1. The standard InChI is InChI=1S/C15H17Cl2NO2S/c1-3-18-14(7-6-12(16)15(18)19)11-5-4-10(8-13(11)17)20-9-21-2/h4-5,7-8,12H,3,6,9H2,1-2H3. The van der Waals surface area contributed by atoms with Gasteiger partial charge in [0.05, 0.1) is 5.02 Å². The van der Waals surface area contributed by atoms with E-state index in [4.69, 9.17) is 27.9 Å². The summed E-state index contributed by atoms with van der Waals surface area (Å²) in [5.74, 6) is 1.22. The van der Waals surface area contributed by atoms with Crippen molar-refractivity contribution in [2.24, 2.45) is 0 Å². The van der Waals surface area contributed by atoms with Gasteiger partial charge in [-0.2, -0.15) is 0 Å². The highest BCUT2D eigenvalue weighted by Gasteiger charge is 2.29. The summed E-state index contributed by atoms with van der Waals surface area (Å²) in [6.07, 6.45) is 4.45. The molecule has 1 atom stereocenters. The highest BCUT2D eigenvalue weighted by Crippen LogP contribution is 2.34. The van der Waals surface area contributed by atoms with Crippen molar-refractivity contribution in [2.45, 2.75) is 18.7 Å². The minimum Gasteiger partial charge on any atom is -0.483 e. The number of ether oxygens (including phenoxy) is 1. The van der Waals surface area contributed by atoms with Crippen molar-refractivity contribution < 1.29 is 9.53 Å². The number of allylic oxidation sites excluding steroid dienone is 1. The third-order valence-electron chi connectivity index (χ3n) is 3.22. The van der Waals surface area contributed by atoms with Crippen molar-refractivity contribution in [3.05, 3.63) is 34.9 Å². The largest absolute Gasteiger partial charge is 0.483 e. The van der Waals surface area contributed by atoms with Crippen molar-refractivity contribution in [2.75, 3.05) is 18.7 Å². The monoisotopic (exact) mass is 345 g/mol. The molecule has 3 nitrogen and oxygen atoms in total. The van der Waals surface area contributed by atoms with E-state index in [1.54, 1.807) is 22.7 Å². The van der Waals surface area contributed by atoms with Gasteiger partial charge in [-0.15, -0.1) is 23.4 Å². The first-order valence-electron chi connectivity index (χ1n) is 6.65. The summed E-state index contributed by atoms with van der Waals surface area (Å²) in [7, 11) is 0. The van der Waals surface area contributed by atoms with Crippen LogP contribution in [0.1, 0.15) is 18.9 Å². The van der Waals surface area contributed by atoms with Crippen LogP contribution in [0.2, 0.25) is 5.02 Å². The molecule has 0 fully saturated rings. The number of carbonyl (C=O) groups excluding carboxylic acids is 1. The Bertz CT molecular complexity index is 563. The third-order valence-corrected chi connectivity index (χ3v) is 4.25. The molecule has 0 bridgehead atoms. The highest BCUT2D eigenvalue weighted by molar-refractivity contribution is 7.98. The van der Waals surface area contributed by atoms with E-state index in [2.05, 4.69) is 0 Å². The molecule has 114 valence electrons. The van der Waals surface area contributed by atoms with Crippen LogP contribution in [0, 0.1) is 0 Å². The number of rotatable bonds is 5. The molecule has 0 aromatic heterocycles. The first kappa shape index (κ1) is 16.5. The zero-order valence-electron chi connectivity index (χ0n) is 11.9. The van der Waals surface area contributed by atoms with Gasteiger partial charge in [0.1, 0.15) is 17.1 Å². The van der Waals surface area contributed by atoms with E-state index in [0.29, 0.717) is 23.9 Å². The molecule has 0 radical (unpaired) electrons. The zero-order valence-corrected chi connectivity index (χ0v) is 14.3. The number of nitrogens with zero attached hydrogens (tertiary/aromatic N) is 1. The van der Waals surface area contributed by atoms with Gasteiger partial charge < -0.3 is 9.64 Å². The van der Waals surface area contributed by atoms with Crippen molar-refractivity contribution in [3.63, 3.8) is 0 Å². The number of hydrogen-bond acceptors (Lipinski definition) is 3. The van der Waals surface area contributed by atoms with Crippen molar-refractivity contribution in [1.82, 2.24) is 4.90 Å². The molecule has 0 N–H and O–H groups in total. The fourth-order valence-electron chi connectivity index (χ4n) is 2.22. The van der Waals surface area contributed by atoms with Crippen LogP contribution >= 0.6 is 35.0 Å². The molecular formula is C15H17Cl2NO2S. The summed E-state index contributed by atoms with van der Waals surface area (Å²) in [6.45, 7) is 2.49. The first-order chi connectivity index (χ1) is 10.1. The summed E-state index contributed by atoms with van der Waals surface area (Å²) in [5, 5.41) is 0.0794. The maximum atomic E-state index is 12.1. The molecule has 21 heavy (non-hydrogen) atoms. The molecule has 0 spiro atoms. The van der Waals surface area contributed by atoms with Gasteiger partial charge in [0.15, 0.2) is 0 Å². The predicted octanol–water partition coefficient (Wildman–Crippen LogP) is 4.24. The summed E-state index contributed by atoms with van der Waals surface area (Å²) in [5.41, 5.74) is 1.65. The molecule has 1 aliphatic heterocycles. The molecule has 2 rings (SSSR count). The minimum absolute atomic E-state index is 0.0737. The molecule has 6 heteroatoms. The van der Waals surface area contributed by atoms with Crippen molar-refractivity contribution in [1.29, 1.82) is 0 Å². The quantitative estimate of drug-likeness (QED) is 0.590. The van der Waals surface area contributed by atoms with Crippen molar-refractivity contribution >= 4 is 46.6 Å². The normalized spacial score (nSPS) is 18.7. The Kier molecular flexibility index (Phi) is 5.85. The topological polar surface area (TPSA) is 29.5 Å². The van der Waals surface area contributed by atoms with Gasteiger partial charge in [-0.1, -0.05) is 17.7 Å². The van der Waals surface area contributed by atoms with Gasteiger partial charge >= 0.3 is 0 Å². The highest BCUT2D eigenvalue weighted by atomic mass is 35.5. The number of alkyl halides is 1. The van der Waals surface area contributed by atoms with Crippen LogP contribution in [0.5, 0.6) is 5.75 Å². The SMILES string of the molecule is CCN1C(=O)C(Cl)CC=C1c1ccc(OCSC)cc1Cl. The van der Waals surface area contributed by atoms with Crippen LogP contribution in [0.4, 0.5) is 0 Å². The fourth-order valence-corrected chi connectivity index (χ4v) is 2.94. The maximum Gasteiger partial charge on any atom is 0.245 e. The number of carbonyl (C=O) groups is 1. The van der Waals surface area contributed by atoms with Crippen LogP contribution in [-0.2, 0) is 4.79 Å². The van der Waals surface area contributed by atoms with Crippen LogP contribution in [0.3, 0.4) is 0 Å². The van der Waals surface area contributed by atoms with Gasteiger partial charge in [0.2, 0.25) is 5.91 Å². The van der Waals surface area contributed by atoms with E-state index in [-0.39, 0.29) is 5.91 Å². The molecule has 1 aromatic rings. The minimum atomic E-state index is -0.489. The predicted molar refractivity (Wildman–Crippen MR) is 90.1 cm³/mol. The molecule has 1 amide bonds. The molecule has 0 aliphatic carbocycles. The van der Waals surface area contributed by atoms with E-state index in [1.165, 1.54) is 0 Å². The fraction of sp³-hybridized carbons (Fsp3) is 0.400. The Labute approximate surface area is 139 Å². The summed E-state index contributed by atoms with van der Waals surface area (Å²) in [6, 6.07) is 5.52. The van der Waals surface area contributed by atoms with E-state index < -0.39 is 5.38 Å². The van der Waals surface area contributed by atoms with E-state index >= 15 is 0 Å². The third kappa shape index (κ3) is 3.68. The summed E-state index contributed by atoms with van der Waals surface area (Å²) in [4.78, 5) is 13.8. The zero-order chi connectivity index (χ0) is 15.4. The van der Waals surface area contributed by atoms with Gasteiger partial charge in [0.25, 0.3) is 0 Å². The average Bonchev–Trinajstić information content (AvgIpc) is 2.48. The van der Waals surface area contributed by atoms with E-state index in [0.717, 1.165) is 17.0 Å². The van der Waals surface area contributed by atoms with Crippen LogP contribution < -0.4 is 4.74 Å². The lowest BCUT2D eigenvalue weighted by molar-refractivity contribution is -0.127. The van der Waals surface area contributed by atoms with Crippen LogP contribution in [-0.4, -0.2) is 34.9 Å². The molecule has 1 aliphatic rings. The van der Waals surface area contributed by atoms with Crippen LogP contribution in [0.15, 0.2) is 24.3 Å². The maximum absolute atomic E-state index is 12.1. The summed E-state index contributed by atoms with van der Waals surface area (Å²) >= 11 is 14.0. The van der Waals surface area contributed by atoms with Gasteiger partial charge in [-0.3, -0.25) is 4.79 Å². The first-order valence-corrected chi connectivity index (χ1v) is 8.86. The Hall–Kier alpha value is -0.840. The Balaban J connectivity index is 2.30. The lowest BCUT2D eigenvalue weighted by Gasteiger charge is -2.30. The second kappa shape index (κ2) is 7.43. The van der Waals surface area contributed by atoms with Gasteiger partial charge in [-0.05, 0) is 37.8 Å². The number of thioether (sulfide) groups is 1. The number of hydrogen-bond donors (Lipinski definition) is 0. The Morgan fingerprint density at radius 2 is 2.24 bits per heavy atom. The Morgan fingerprint density at radius 3 is 2.86 bits per heavy atom. The smallest absolute Gasteiger partial charge is 0.245 e. The molecular weight excluding hydrogens is 329 g/mol. The number of benzene rings is 1. The van der Waals surface area contributed by atoms with Gasteiger partial charge in [-0.25, -0.2) is 0 Å². The van der Waals surface area contributed by atoms with E-state index in [9.17, 15) is 4.79 Å². The molecule has 1 unspecified atom stereocenters. The lowest BCUT2D eigenvalue weighted by Crippen LogP contribution is -2.38. The second-order valence-corrected chi connectivity index (χ2v) is 6.31. The Morgan fingerprint density at radius 1 is 1.48 bits per heavy atom. The molecule has 0 saturated heterocycles. The lowest BCUT2D eigenvalue weighted by atomic mass is 10.0. The van der Waals surface area contributed by atoms with Crippen LogP contribution in [0.25, 0.3) is 5.70 Å². The summed E-state index contributed by atoms with van der Waals surface area (Å²) < 4.78 is 5.53. The number of halogens is 2. The van der Waals surface area contributed by atoms with E-state index in [1.807, 2.05) is 31.4 Å². The molecule has 1 heterocycles. The second-order valence-electron chi connectivity index (χ2n) is 4.57. The average molecular weight is 346 g/mol. The molecule has 0 saturated carbocycles. The van der Waals surface area contributed by atoms with Crippen molar-refractivity contribution in [3.8, 4) is 5.75 Å².